The Morgan fingerprint density at radius 1 is 0.349 bits per heavy atom. The zero-order chi connectivity index (χ0) is 42.4. The van der Waals surface area contributed by atoms with Crippen molar-refractivity contribution in [2.75, 3.05) is 0 Å². The van der Waals surface area contributed by atoms with Gasteiger partial charge in [-0.05, 0) is 153 Å². The Morgan fingerprint density at radius 3 is 1.46 bits per heavy atom. The fourth-order valence-corrected chi connectivity index (χ4v) is 10.5. The molecule has 0 bridgehead atoms. The number of rotatable bonds is 6. The smallest absolute Gasteiger partial charge is 0.0541 e. The van der Waals surface area contributed by atoms with Crippen LogP contribution in [0.3, 0.4) is 0 Å². The van der Waals surface area contributed by atoms with E-state index in [9.17, 15) is 0 Å². The number of hydrogen-bond donors (Lipinski definition) is 0. The molecule has 0 atom stereocenters. The van der Waals surface area contributed by atoms with Crippen LogP contribution in [-0.2, 0) is 5.41 Å². The molecule has 0 N–H and O–H groups in total. The van der Waals surface area contributed by atoms with Crippen LogP contribution in [-0.4, -0.2) is 9.13 Å². The summed E-state index contributed by atoms with van der Waals surface area (Å²) in [6.07, 6.45) is 4.46. The number of para-hydroxylation sites is 3. The van der Waals surface area contributed by atoms with Crippen LogP contribution in [0.4, 0.5) is 0 Å². The van der Waals surface area contributed by atoms with E-state index in [0.717, 1.165) is 0 Å². The van der Waals surface area contributed by atoms with Gasteiger partial charge in [0.25, 0.3) is 0 Å². The highest BCUT2D eigenvalue weighted by Crippen LogP contribution is 2.51. The fraction of sp³-hybridized carbons (Fsp3) is 0.0820. The van der Waals surface area contributed by atoms with Crippen LogP contribution in [0.2, 0.25) is 0 Å². The summed E-state index contributed by atoms with van der Waals surface area (Å²) >= 11 is 0. The number of fused-ring (bicyclic) bond motifs is 9. The topological polar surface area (TPSA) is 9.86 Å². The molecule has 0 saturated heterocycles. The van der Waals surface area contributed by atoms with E-state index in [1.807, 2.05) is 0 Å². The molecular weight excluding hydrogens is 761 g/mol. The van der Waals surface area contributed by atoms with Gasteiger partial charge in [0.1, 0.15) is 0 Å². The van der Waals surface area contributed by atoms with E-state index in [-0.39, 0.29) is 5.41 Å². The Kier molecular flexibility index (Phi) is 8.36. The second-order valence-corrected chi connectivity index (χ2v) is 18.0. The first-order valence-corrected chi connectivity index (χ1v) is 22.1. The number of aromatic nitrogens is 2. The van der Waals surface area contributed by atoms with Gasteiger partial charge in [-0.3, -0.25) is 0 Å². The summed E-state index contributed by atoms with van der Waals surface area (Å²) in [5.74, 6) is 0. The highest BCUT2D eigenvalue weighted by Gasteiger charge is 2.36. The summed E-state index contributed by atoms with van der Waals surface area (Å²) in [4.78, 5) is 0. The monoisotopic (exact) mass is 806 g/mol. The maximum absolute atomic E-state index is 2.44. The molecule has 300 valence electrons. The van der Waals surface area contributed by atoms with Gasteiger partial charge in [0.2, 0.25) is 0 Å². The summed E-state index contributed by atoms with van der Waals surface area (Å²) in [6.45, 7) is 9.14. The molecule has 0 spiro atoms. The SMILES string of the molecule is Cc1cc(C)cc(-n2c3ccccc3c3cc(-c4ccc5c(c4)C(C)(C)c4cc(-c6ccc(C=Cc7ccc8c(c7)c7ccccc7n8-c7ccccc7)cc6)ccc4-5)ccc32)c1. The lowest BCUT2D eigenvalue weighted by molar-refractivity contribution is 0.661. The predicted molar refractivity (Wildman–Crippen MR) is 268 cm³/mol. The van der Waals surface area contributed by atoms with Gasteiger partial charge in [-0.2, -0.15) is 0 Å². The van der Waals surface area contributed by atoms with Gasteiger partial charge in [0, 0.05) is 38.3 Å². The average Bonchev–Trinajstić information content (AvgIpc) is 3.90. The largest absolute Gasteiger partial charge is 0.309 e. The van der Waals surface area contributed by atoms with E-state index < -0.39 is 0 Å². The van der Waals surface area contributed by atoms with Crippen molar-refractivity contribution in [3.8, 4) is 44.8 Å². The van der Waals surface area contributed by atoms with Crippen molar-refractivity contribution in [1.82, 2.24) is 9.13 Å². The van der Waals surface area contributed by atoms with Crippen molar-refractivity contribution in [3.63, 3.8) is 0 Å². The van der Waals surface area contributed by atoms with Crippen molar-refractivity contribution < 1.29 is 0 Å². The van der Waals surface area contributed by atoms with Crippen LogP contribution in [0, 0.1) is 13.8 Å². The molecule has 2 heterocycles. The highest BCUT2D eigenvalue weighted by molar-refractivity contribution is 6.11. The minimum Gasteiger partial charge on any atom is -0.309 e. The normalized spacial score (nSPS) is 13.1. The van der Waals surface area contributed by atoms with Crippen molar-refractivity contribution in [2.45, 2.75) is 33.1 Å². The third kappa shape index (κ3) is 6.01. The lowest BCUT2D eigenvalue weighted by Crippen LogP contribution is -2.15. The molecule has 0 radical (unpaired) electrons. The van der Waals surface area contributed by atoms with E-state index >= 15 is 0 Å². The van der Waals surface area contributed by atoms with Crippen molar-refractivity contribution >= 4 is 55.8 Å². The molecule has 1 aliphatic carbocycles. The first-order chi connectivity index (χ1) is 30.8. The quantitative estimate of drug-likeness (QED) is 0.148. The number of hydrogen-bond acceptors (Lipinski definition) is 0. The molecule has 2 heteroatoms. The van der Waals surface area contributed by atoms with Crippen LogP contribution in [0.15, 0.2) is 194 Å². The summed E-state index contributed by atoms with van der Waals surface area (Å²) in [7, 11) is 0. The number of nitrogens with zero attached hydrogens (tertiary/aromatic N) is 2. The molecule has 0 aliphatic heterocycles. The molecule has 1 aliphatic rings. The van der Waals surface area contributed by atoms with Crippen molar-refractivity contribution in [3.05, 3.63) is 228 Å². The molecule has 2 nitrogen and oxygen atoms in total. The van der Waals surface area contributed by atoms with Gasteiger partial charge in [-0.1, -0.05) is 147 Å². The summed E-state index contributed by atoms with van der Waals surface area (Å²) in [5, 5.41) is 5.09. The molecular formula is C61H46N2. The lowest BCUT2D eigenvalue weighted by atomic mass is 9.81. The molecule has 11 aromatic rings. The maximum atomic E-state index is 2.44. The van der Waals surface area contributed by atoms with Crippen molar-refractivity contribution in [2.24, 2.45) is 0 Å². The zero-order valence-electron chi connectivity index (χ0n) is 36.0. The van der Waals surface area contributed by atoms with Gasteiger partial charge >= 0.3 is 0 Å². The van der Waals surface area contributed by atoms with Crippen LogP contribution in [0.25, 0.3) is 101 Å². The van der Waals surface area contributed by atoms with Gasteiger partial charge in [-0.25, -0.2) is 0 Å². The molecule has 0 fully saturated rings. The molecule has 9 aromatic carbocycles. The maximum Gasteiger partial charge on any atom is 0.0541 e. The summed E-state index contributed by atoms with van der Waals surface area (Å²) in [5.41, 5.74) is 22.5. The van der Waals surface area contributed by atoms with E-state index in [0.29, 0.717) is 0 Å². The minimum atomic E-state index is -0.142. The second-order valence-electron chi connectivity index (χ2n) is 18.0. The standard InChI is InChI=1S/C61H46N2/c1-39-32-40(2)34-48(33-39)63-58-17-11-9-15-52(58)54-36-44(27-31-60(54)63)46-26-29-50-49-28-25-45(37-55(49)61(3,4)56(50)38-46)43-23-20-41(21-24-43)18-19-42-22-30-59-53(35-42)51-14-8-10-16-57(51)62(59)47-12-6-5-7-13-47/h5-38H,1-4H3. The lowest BCUT2D eigenvalue weighted by Gasteiger charge is -2.22. The van der Waals surface area contributed by atoms with E-state index in [4.69, 9.17) is 0 Å². The van der Waals surface area contributed by atoms with Gasteiger partial charge in [0.05, 0.1) is 22.1 Å². The molecule has 0 saturated carbocycles. The van der Waals surface area contributed by atoms with Gasteiger partial charge in [-0.15, -0.1) is 0 Å². The molecule has 63 heavy (non-hydrogen) atoms. The molecule has 2 aromatic heterocycles. The van der Waals surface area contributed by atoms with Gasteiger partial charge in [0.15, 0.2) is 0 Å². The van der Waals surface area contributed by atoms with E-state index in [2.05, 4.69) is 243 Å². The zero-order valence-corrected chi connectivity index (χ0v) is 36.0. The predicted octanol–water partition coefficient (Wildman–Crippen LogP) is 16.3. The molecule has 0 unspecified atom stereocenters. The number of benzene rings is 9. The van der Waals surface area contributed by atoms with Crippen molar-refractivity contribution in [1.29, 1.82) is 0 Å². The first-order valence-electron chi connectivity index (χ1n) is 22.1. The Bertz CT molecular complexity index is 3630. The Morgan fingerprint density at radius 2 is 0.810 bits per heavy atom. The molecule has 0 amide bonds. The minimum absolute atomic E-state index is 0.142. The highest BCUT2D eigenvalue weighted by atomic mass is 15.0. The third-order valence-corrected chi connectivity index (χ3v) is 13.6. The van der Waals surface area contributed by atoms with Crippen LogP contribution >= 0.6 is 0 Å². The van der Waals surface area contributed by atoms with Crippen LogP contribution in [0.1, 0.15) is 47.2 Å². The Balaban J connectivity index is 0.827. The van der Waals surface area contributed by atoms with Crippen LogP contribution in [0.5, 0.6) is 0 Å². The number of aryl methyl sites for hydroxylation is 2. The molecule has 12 rings (SSSR count). The third-order valence-electron chi connectivity index (χ3n) is 13.6. The fourth-order valence-electron chi connectivity index (χ4n) is 10.5. The Hall–Kier alpha value is -7.68. The van der Waals surface area contributed by atoms with E-state index in [1.54, 1.807) is 0 Å². The summed E-state index contributed by atoms with van der Waals surface area (Å²) in [6, 6.07) is 72.0. The Labute approximate surface area is 368 Å². The average molecular weight is 807 g/mol. The first kappa shape index (κ1) is 37.1. The van der Waals surface area contributed by atoms with Crippen LogP contribution < -0.4 is 0 Å². The summed E-state index contributed by atoms with van der Waals surface area (Å²) < 4.78 is 4.79. The second kappa shape index (κ2) is 14.2. The van der Waals surface area contributed by atoms with Gasteiger partial charge < -0.3 is 9.13 Å². The van der Waals surface area contributed by atoms with E-state index in [1.165, 1.54) is 122 Å².